The van der Waals surface area contributed by atoms with Gasteiger partial charge in [0.25, 0.3) is 5.56 Å². The first-order valence-corrected chi connectivity index (χ1v) is 10.5. The summed E-state index contributed by atoms with van der Waals surface area (Å²) in [6, 6.07) is 8.27. The number of esters is 1. The number of carbonyl (C=O) groups is 1. The van der Waals surface area contributed by atoms with Crippen molar-refractivity contribution in [1.82, 2.24) is 9.55 Å². The number of halogens is 2. The smallest absolute Gasteiger partial charge is 0.305 e. The van der Waals surface area contributed by atoms with Crippen molar-refractivity contribution in [1.29, 1.82) is 0 Å². The molecule has 0 fully saturated rings. The van der Waals surface area contributed by atoms with Crippen molar-refractivity contribution in [3.63, 3.8) is 0 Å². The summed E-state index contributed by atoms with van der Waals surface area (Å²) in [6.07, 6.45) is 2.00. The number of methoxy groups -OCH3 is 2. The third kappa shape index (κ3) is 5.63. The Morgan fingerprint density at radius 3 is 2.44 bits per heavy atom. The van der Waals surface area contributed by atoms with Gasteiger partial charge in [-0.05, 0) is 24.6 Å². The van der Waals surface area contributed by atoms with Gasteiger partial charge in [0, 0.05) is 19.0 Å². The van der Waals surface area contributed by atoms with Gasteiger partial charge in [-0.1, -0.05) is 29.3 Å². The maximum absolute atomic E-state index is 12.7. The first kappa shape index (κ1) is 23.7. The van der Waals surface area contributed by atoms with E-state index in [9.17, 15) is 9.59 Å². The Kier molecular flexibility index (Phi) is 8.19. The van der Waals surface area contributed by atoms with E-state index in [1.807, 2.05) is 0 Å². The Bertz CT molecular complexity index is 1140. The van der Waals surface area contributed by atoms with Crippen LogP contribution in [0.5, 0.6) is 17.2 Å². The van der Waals surface area contributed by atoms with Crippen LogP contribution in [0.1, 0.15) is 12.8 Å². The summed E-state index contributed by atoms with van der Waals surface area (Å²) >= 11 is 12.0. The molecule has 0 radical (unpaired) electrons. The lowest BCUT2D eigenvalue weighted by Crippen LogP contribution is -2.21. The summed E-state index contributed by atoms with van der Waals surface area (Å²) in [7, 11) is 3.01. The largest absolute Gasteiger partial charge is 0.493 e. The topological polar surface area (TPSA) is 88.9 Å². The average Bonchev–Trinajstić information content (AvgIpc) is 2.79. The van der Waals surface area contributed by atoms with Crippen LogP contribution in [0.2, 0.25) is 10.0 Å². The van der Waals surface area contributed by atoms with Crippen molar-refractivity contribution in [2.45, 2.75) is 19.4 Å². The van der Waals surface area contributed by atoms with Crippen LogP contribution in [0, 0.1) is 0 Å². The second kappa shape index (κ2) is 11.1. The predicted molar refractivity (Wildman–Crippen MR) is 121 cm³/mol. The van der Waals surface area contributed by atoms with Crippen LogP contribution < -0.4 is 19.8 Å². The standard InChI is InChI=1S/C22H22Cl2N2O6/c1-29-18-11-14-17(12-19(18)30-2)25-13-26(22(14)28)8-4-7-20(27)31-9-10-32-21-15(23)5-3-6-16(21)24/h3,5-6,11-13H,4,7-10H2,1-2H3. The first-order chi connectivity index (χ1) is 15.4. The quantitative estimate of drug-likeness (QED) is 0.318. The molecule has 32 heavy (non-hydrogen) atoms. The molecule has 1 heterocycles. The summed E-state index contributed by atoms with van der Waals surface area (Å²) in [5.41, 5.74) is 0.274. The van der Waals surface area contributed by atoms with E-state index < -0.39 is 5.97 Å². The highest BCUT2D eigenvalue weighted by molar-refractivity contribution is 6.37. The number of para-hydroxylation sites is 1. The summed E-state index contributed by atoms with van der Waals surface area (Å²) < 4.78 is 22.6. The fourth-order valence-corrected chi connectivity index (χ4v) is 3.54. The Balaban J connectivity index is 1.50. The lowest BCUT2D eigenvalue weighted by atomic mass is 10.2. The van der Waals surface area contributed by atoms with Gasteiger partial charge in [0.1, 0.15) is 13.2 Å². The molecule has 0 atom stereocenters. The molecule has 0 spiro atoms. The molecule has 0 saturated carbocycles. The molecule has 3 aromatic rings. The number of aryl methyl sites for hydroxylation is 1. The maximum atomic E-state index is 12.7. The van der Waals surface area contributed by atoms with Crippen molar-refractivity contribution in [3.05, 3.63) is 57.1 Å². The normalized spacial score (nSPS) is 10.8. The van der Waals surface area contributed by atoms with E-state index in [2.05, 4.69) is 4.98 Å². The SMILES string of the molecule is COc1cc2ncn(CCCC(=O)OCCOc3c(Cl)cccc3Cl)c(=O)c2cc1OC. The number of nitrogens with zero attached hydrogens (tertiary/aromatic N) is 2. The van der Waals surface area contributed by atoms with Gasteiger partial charge in [-0.15, -0.1) is 0 Å². The highest BCUT2D eigenvalue weighted by Crippen LogP contribution is 2.32. The van der Waals surface area contributed by atoms with Gasteiger partial charge in [0.15, 0.2) is 17.2 Å². The lowest BCUT2D eigenvalue weighted by Gasteiger charge is -2.11. The van der Waals surface area contributed by atoms with Crippen LogP contribution in [0.25, 0.3) is 10.9 Å². The van der Waals surface area contributed by atoms with Crippen molar-refractivity contribution < 1.29 is 23.7 Å². The molecule has 3 rings (SSSR count). The summed E-state index contributed by atoms with van der Waals surface area (Å²) in [6.45, 7) is 0.491. The molecule has 0 unspecified atom stereocenters. The fourth-order valence-electron chi connectivity index (χ4n) is 3.03. The average molecular weight is 481 g/mol. The predicted octanol–water partition coefficient (Wildman–Crippen LogP) is 4.12. The number of ether oxygens (including phenoxy) is 4. The Morgan fingerprint density at radius 1 is 1.06 bits per heavy atom. The van der Waals surface area contributed by atoms with E-state index in [0.717, 1.165) is 0 Å². The summed E-state index contributed by atoms with van der Waals surface area (Å²) in [5, 5.41) is 1.17. The maximum Gasteiger partial charge on any atom is 0.305 e. The van der Waals surface area contributed by atoms with Gasteiger partial charge in [-0.25, -0.2) is 4.98 Å². The molecular weight excluding hydrogens is 459 g/mol. The van der Waals surface area contributed by atoms with Crippen molar-refractivity contribution in [3.8, 4) is 17.2 Å². The molecule has 0 N–H and O–H groups in total. The van der Waals surface area contributed by atoms with Gasteiger partial charge < -0.3 is 18.9 Å². The van der Waals surface area contributed by atoms with E-state index in [0.29, 0.717) is 51.2 Å². The second-order valence-electron chi connectivity index (χ2n) is 6.69. The second-order valence-corrected chi connectivity index (χ2v) is 7.51. The van der Waals surface area contributed by atoms with Gasteiger partial charge >= 0.3 is 5.97 Å². The van der Waals surface area contributed by atoms with E-state index in [1.54, 1.807) is 30.3 Å². The minimum atomic E-state index is -0.396. The third-order valence-electron chi connectivity index (χ3n) is 4.62. The number of hydrogen-bond donors (Lipinski definition) is 0. The Morgan fingerprint density at radius 2 is 1.75 bits per heavy atom. The zero-order chi connectivity index (χ0) is 23.1. The zero-order valence-electron chi connectivity index (χ0n) is 17.6. The van der Waals surface area contributed by atoms with Gasteiger partial charge in [-0.3, -0.25) is 14.2 Å². The minimum Gasteiger partial charge on any atom is -0.493 e. The third-order valence-corrected chi connectivity index (χ3v) is 5.22. The number of carbonyl (C=O) groups excluding carboxylic acids is 1. The Hall–Kier alpha value is -2.97. The molecule has 170 valence electrons. The van der Waals surface area contributed by atoms with Crippen LogP contribution in [0.4, 0.5) is 0 Å². The number of benzene rings is 2. The number of rotatable bonds is 10. The highest BCUT2D eigenvalue weighted by Gasteiger charge is 2.12. The molecule has 0 aliphatic rings. The zero-order valence-corrected chi connectivity index (χ0v) is 19.1. The molecule has 0 saturated heterocycles. The van der Waals surface area contributed by atoms with Crippen LogP contribution in [0.3, 0.4) is 0 Å². The molecule has 2 aromatic carbocycles. The molecule has 0 aliphatic carbocycles. The molecule has 10 heteroatoms. The van der Waals surface area contributed by atoms with Crippen molar-refractivity contribution >= 4 is 40.1 Å². The summed E-state index contributed by atoms with van der Waals surface area (Å²) in [4.78, 5) is 29.0. The van der Waals surface area contributed by atoms with Crippen LogP contribution in [-0.4, -0.2) is 43.0 Å². The van der Waals surface area contributed by atoms with E-state index in [1.165, 1.54) is 25.1 Å². The van der Waals surface area contributed by atoms with E-state index in [4.69, 9.17) is 42.1 Å². The minimum absolute atomic E-state index is 0.0551. The van der Waals surface area contributed by atoms with E-state index >= 15 is 0 Å². The van der Waals surface area contributed by atoms with Crippen molar-refractivity contribution in [2.75, 3.05) is 27.4 Å². The van der Waals surface area contributed by atoms with Gasteiger partial charge in [-0.2, -0.15) is 0 Å². The van der Waals surface area contributed by atoms with Gasteiger partial charge in [0.05, 0.1) is 41.5 Å². The summed E-state index contributed by atoms with van der Waals surface area (Å²) in [5.74, 6) is 0.894. The molecular formula is C22H22Cl2N2O6. The van der Waals surface area contributed by atoms with E-state index in [-0.39, 0.29) is 25.2 Å². The number of aromatic nitrogens is 2. The highest BCUT2D eigenvalue weighted by atomic mass is 35.5. The monoisotopic (exact) mass is 480 g/mol. The van der Waals surface area contributed by atoms with Crippen LogP contribution in [-0.2, 0) is 16.1 Å². The number of fused-ring (bicyclic) bond motifs is 1. The lowest BCUT2D eigenvalue weighted by molar-refractivity contribution is -0.144. The molecule has 0 amide bonds. The molecule has 0 aliphatic heterocycles. The van der Waals surface area contributed by atoms with Crippen molar-refractivity contribution in [2.24, 2.45) is 0 Å². The van der Waals surface area contributed by atoms with Crippen LogP contribution >= 0.6 is 23.2 Å². The number of hydrogen-bond acceptors (Lipinski definition) is 7. The van der Waals surface area contributed by atoms with Crippen LogP contribution in [0.15, 0.2) is 41.5 Å². The van der Waals surface area contributed by atoms with Gasteiger partial charge in [0.2, 0.25) is 0 Å². The molecule has 8 nitrogen and oxygen atoms in total. The fraction of sp³-hybridized carbons (Fsp3) is 0.318. The first-order valence-electron chi connectivity index (χ1n) is 9.78. The molecule has 1 aromatic heterocycles. The Labute approximate surface area is 194 Å². The molecule has 0 bridgehead atoms.